The van der Waals surface area contributed by atoms with E-state index in [9.17, 15) is 8.42 Å². The van der Waals surface area contributed by atoms with Crippen LogP contribution in [0.2, 0.25) is 0 Å². The molecule has 1 N–H and O–H groups in total. The van der Waals surface area contributed by atoms with E-state index < -0.39 is 10.0 Å². The summed E-state index contributed by atoms with van der Waals surface area (Å²) in [5.41, 5.74) is 1.10. The van der Waals surface area contributed by atoms with E-state index in [0.29, 0.717) is 23.9 Å². The van der Waals surface area contributed by atoms with Crippen molar-refractivity contribution in [1.82, 2.24) is 9.62 Å². The van der Waals surface area contributed by atoms with Gasteiger partial charge in [-0.3, -0.25) is 0 Å². The lowest BCUT2D eigenvalue weighted by Gasteiger charge is -2.20. The number of nitrogens with one attached hydrogen (secondary N) is 1. The van der Waals surface area contributed by atoms with E-state index in [4.69, 9.17) is 0 Å². The number of benzene rings is 1. The number of nitrogens with zero attached hydrogens (tertiary/aromatic N) is 1. The molecule has 1 saturated heterocycles. The normalized spacial score (nSPS) is 22.7. The molecule has 1 aromatic rings. The monoisotopic (exact) mass is 310 g/mol. The second-order valence-corrected chi connectivity index (χ2v) is 7.96. The second kappa shape index (κ2) is 6.90. The molecule has 4 nitrogen and oxygen atoms in total. The SMILES string of the molecule is CNC(C)c1ccc(S(=O)(=O)N2CCCC(C)CC2)cc1. The predicted octanol–water partition coefficient (Wildman–Crippen LogP) is 2.78. The van der Waals surface area contributed by atoms with Crippen LogP contribution in [-0.4, -0.2) is 32.9 Å². The van der Waals surface area contributed by atoms with Crippen molar-refractivity contribution >= 4 is 10.0 Å². The lowest BCUT2D eigenvalue weighted by Crippen LogP contribution is -2.32. The molecule has 5 heteroatoms. The van der Waals surface area contributed by atoms with Gasteiger partial charge in [-0.15, -0.1) is 0 Å². The van der Waals surface area contributed by atoms with Crippen LogP contribution in [0.25, 0.3) is 0 Å². The molecule has 2 unspecified atom stereocenters. The number of sulfonamides is 1. The Morgan fingerprint density at radius 3 is 2.48 bits per heavy atom. The molecule has 2 atom stereocenters. The smallest absolute Gasteiger partial charge is 0.243 e. The van der Waals surface area contributed by atoms with Crippen LogP contribution in [0.15, 0.2) is 29.2 Å². The zero-order valence-electron chi connectivity index (χ0n) is 13.2. The Morgan fingerprint density at radius 1 is 1.19 bits per heavy atom. The van der Waals surface area contributed by atoms with Crippen LogP contribution >= 0.6 is 0 Å². The molecule has 0 saturated carbocycles. The van der Waals surface area contributed by atoms with Gasteiger partial charge in [0.25, 0.3) is 0 Å². The minimum absolute atomic E-state index is 0.223. The summed E-state index contributed by atoms with van der Waals surface area (Å²) in [6, 6.07) is 7.48. The Kier molecular flexibility index (Phi) is 5.41. The maximum absolute atomic E-state index is 12.7. The zero-order valence-corrected chi connectivity index (χ0v) is 14.0. The summed E-state index contributed by atoms with van der Waals surface area (Å²) in [5, 5.41) is 3.16. The maximum atomic E-state index is 12.7. The van der Waals surface area contributed by atoms with Crippen molar-refractivity contribution in [3.63, 3.8) is 0 Å². The molecular formula is C16H26N2O2S. The van der Waals surface area contributed by atoms with Crippen LogP contribution in [0.1, 0.15) is 44.7 Å². The minimum Gasteiger partial charge on any atom is -0.313 e. The van der Waals surface area contributed by atoms with Crippen LogP contribution < -0.4 is 5.32 Å². The van der Waals surface area contributed by atoms with Crippen molar-refractivity contribution in [1.29, 1.82) is 0 Å². The van der Waals surface area contributed by atoms with Crippen molar-refractivity contribution in [2.45, 2.75) is 44.0 Å². The molecule has 1 heterocycles. The van der Waals surface area contributed by atoms with Crippen LogP contribution in [0.5, 0.6) is 0 Å². The summed E-state index contributed by atoms with van der Waals surface area (Å²) >= 11 is 0. The third kappa shape index (κ3) is 3.84. The van der Waals surface area contributed by atoms with Gasteiger partial charge in [0.15, 0.2) is 0 Å². The lowest BCUT2D eigenvalue weighted by atomic mass is 10.0. The number of hydrogen-bond donors (Lipinski definition) is 1. The largest absolute Gasteiger partial charge is 0.313 e. The van der Waals surface area contributed by atoms with Gasteiger partial charge in [0.1, 0.15) is 0 Å². The van der Waals surface area contributed by atoms with Gasteiger partial charge in [0.2, 0.25) is 10.0 Å². The molecule has 1 aliphatic heterocycles. The first-order chi connectivity index (χ1) is 9.95. The Bertz CT molecular complexity index is 554. The first-order valence-electron chi connectivity index (χ1n) is 7.72. The fourth-order valence-electron chi connectivity index (χ4n) is 2.72. The Hall–Kier alpha value is -0.910. The third-order valence-corrected chi connectivity index (χ3v) is 6.34. The molecule has 0 aliphatic carbocycles. The van der Waals surface area contributed by atoms with Crippen molar-refractivity contribution in [2.24, 2.45) is 5.92 Å². The second-order valence-electron chi connectivity index (χ2n) is 6.02. The van der Waals surface area contributed by atoms with E-state index in [1.54, 1.807) is 16.4 Å². The minimum atomic E-state index is -3.35. The highest BCUT2D eigenvalue weighted by Crippen LogP contribution is 2.24. The van der Waals surface area contributed by atoms with E-state index in [1.807, 2.05) is 19.2 Å². The van der Waals surface area contributed by atoms with Crippen molar-refractivity contribution in [3.8, 4) is 0 Å². The highest BCUT2D eigenvalue weighted by molar-refractivity contribution is 7.89. The van der Waals surface area contributed by atoms with E-state index in [1.165, 1.54) is 0 Å². The molecule has 2 rings (SSSR count). The van der Waals surface area contributed by atoms with Gasteiger partial charge in [-0.25, -0.2) is 8.42 Å². The van der Waals surface area contributed by atoms with E-state index in [-0.39, 0.29) is 6.04 Å². The zero-order chi connectivity index (χ0) is 15.5. The lowest BCUT2D eigenvalue weighted by molar-refractivity contribution is 0.416. The van der Waals surface area contributed by atoms with Crippen molar-refractivity contribution in [3.05, 3.63) is 29.8 Å². The summed E-state index contributed by atoms with van der Waals surface area (Å²) in [6.07, 6.45) is 3.02. The summed E-state index contributed by atoms with van der Waals surface area (Å²) < 4.78 is 27.1. The van der Waals surface area contributed by atoms with Gasteiger partial charge < -0.3 is 5.32 Å². The predicted molar refractivity (Wildman–Crippen MR) is 85.7 cm³/mol. The topological polar surface area (TPSA) is 49.4 Å². The fourth-order valence-corrected chi connectivity index (χ4v) is 4.21. The molecule has 1 aromatic carbocycles. The van der Waals surface area contributed by atoms with E-state index in [2.05, 4.69) is 19.2 Å². The van der Waals surface area contributed by atoms with Gasteiger partial charge in [0.05, 0.1) is 4.90 Å². The molecule has 21 heavy (non-hydrogen) atoms. The van der Waals surface area contributed by atoms with Crippen LogP contribution in [0.4, 0.5) is 0 Å². The number of hydrogen-bond acceptors (Lipinski definition) is 3. The Morgan fingerprint density at radius 2 is 1.86 bits per heavy atom. The van der Waals surface area contributed by atoms with Gasteiger partial charge in [0, 0.05) is 19.1 Å². The van der Waals surface area contributed by atoms with Crippen LogP contribution in [0.3, 0.4) is 0 Å². The van der Waals surface area contributed by atoms with E-state index in [0.717, 1.165) is 24.8 Å². The molecular weight excluding hydrogens is 284 g/mol. The average molecular weight is 310 g/mol. The van der Waals surface area contributed by atoms with Crippen molar-refractivity contribution in [2.75, 3.05) is 20.1 Å². The van der Waals surface area contributed by atoms with Crippen molar-refractivity contribution < 1.29 is 8.42 Å². The third-order valence-electron chi connectivity index (χ3n) is 4.43. The molecule has 0 aromatic heterocycles. The summed E-state index contributed by atoms with van der Waals surface area (Å²) in [4.78, 5) is 0.407. The molecule has 0 spiro atoms. The summed E-state index contributed by atoms with van der Waals surface area (Å²) in [6.45, 7) is 5.53. The van der Waals surface area contributed by atoms with Crippen LogP contribution in [0, 0.1) is 5.92 Å². The summed E-state index contributed by atoms with van der Waals surface area (Å²) in [5.74, 6) is 0.615. The Labute approximate surface area is 128 Å². The van der Waals surface area contributed by atoms with Gasteiger partial charge >= 0.3 is 0 Å². The van der Waals surface area contributed by atoms with Gasteiger partial charge in [-0.2, -0.15) is 4.31 Å². The standard InChI is InChI=1S/C16H26N2O2S/c1-13-5-4-11-18(12-10-13)21(19,20)16-8-6-15(7-9-16)14(2)17-3/h6-9,13-14,17H,4-5,10-12H2,1-3H3. The highest BCUT2D eigenvalue weighted by atomic mass is 32.2. The molecule has 118 valence electrons. The van der Waals surface area contributed by atoms with Gasteiger partial charge in [-0.05, 0) is 56.8 Å². The molecule has 0 bridgehead atoms. The number of rotatable bonds is 4. The molecule has 0 amide bonds. The maximum Gasteiger partial charge on any atom is 0.243 e. The molecule has 1 aliphatic rings. The highest BCUT2D eigenvalue weighted by Gasteiger charge is 2.26. The quantitative estimate of drug-likeness (QED) is 0.930. The summed E-state index contributed by atoms with van der Waals surface area (Å²) in [7, 11) is -1.45. The van der Waals surface area contributed by atoms with Gasteiger partial charge in [-0.1, -0.05) is 19.1 Å². The molecule has 0 radical (unpaired) electrons. The molecule has 1 fully saturated rings. The van der Waals surface area contributed by atoms with E-state index >= 15 is 0 Å². The first-order valence-corrected chi connectivity index (χ1v) is 9.16. The fraction of sp³-hybridized carbons (Fsp3) is 0.625. The van der Waals surface area contributed by atoms with Crippen LogP contribution in [-0.2, 0) is 10.0 Å². The Balaban J connectivity index is 2.19. The average Bonchev–Trinajstić information content (AvgIpc) is 2.71. The first kappa shape index (κ1) is 16.5.